The lowest BCUT2D eigenvalue weighted by Gasteiger charge is -2.39. The van der Waals surface area contributed by atoms with Crippen molar-refractivity contribution in [3.8, 4) is 0 Å². The first-order valence-corrected chi connectivity index (χ1v) is 9.73. The quantitative estimate of drug-likeness (QED) is 0.758. The third-order valence-electron chi connectivity index (χ3n) is 5.30. The zero-order valence-corrected chi connectivity index (χ0v) is 16.6. The minimum Gasteiger partial charge on any atom is -0.351 e. The van der Waals surface area contributed by atoms with Crippen molar-refractivity contribution < 1.29 is 22.8 Å². The van der Waals surface area contributed by atoms with Crippen LogP contribution in [-0.4, -0.2) is 29.9 Å². The second kappa shape index (κ2) is 8.77. The van der Waals surface area contributed by atoms with E-state index in [1.54, 1.807) is 6.92 Å². The zero-order valence-electron chi connectivity index (χ0n) is 16.6. The van der Waals surface area contributed by atoms with E-state index in [1.165, 1.54) is 23.1 Å². The number of piperidine rings is 1. The monoisotopic (exact) mass is 419 g/mol. The summed E-state index contributed by atoms with van der Waals surface area (Å²) in [6, 6.07) is 13.7. The number of urea groups is 1. The minimum absolute atomic E-state index is 0.133. The van der Waals surface area contributed by atoms with Crippen molar-refractivity contribution in [2.45, 2.75) is 32.5 Å². The molecule has 1 saturated heterocycles. The van der Waals surface area contributed by atoms with Gasteiger partial charge in [0.05, 0.1) is 16.7 Å². The molecule has 1 aliphatic rings. The molecule has 1 aliphatic heterocycles. The number of hydrogen-bond donors (Lipinski definition) is 2. The summed E-state index contributed by atoms with van der Waals surface area (Å²) in [5.41, 5.74) is -1.05. The van der Waals surface area contributed by atoms with E-state index < -0.39 is 23.2 Å². The summed E-state index contributed by atoms with van der Waals surface area (Å²) < 4.78 is 39.5. The number of anilines is 1. The summed E-state index contributed by atoms with van der Waals surface area (Å²) in [7, 11) is 0. The molecule has 0 bridgehead atoms. The van der Waals surface area contributed by atoms with Gasteiger partial charge in [-0.25, -0.2) is 4.79 Å². The second-order valence-electron chi connectivity index (χ2n) is 7.73. The molecule has 1 atom stereocenters. The van der Waals surface area contributed by atoms with Gasteiger partial charge in [-0.2, -0.15) is 13.2 Å². The maximum absolute atomic E-state index is 13.2. The van der Waals surface area contributed by atoms with Gasteiger partial charge in [-0.3, -0.25) is 4.79 Å². The number of nitrogens with one attached hydrogen (secondary N) is 2. The Kier molecular flexibility index (Phi) is 6.34. The fourth-order valence-corrected chi connectivity index (χ4v) is 3.62. The summed E-state index contributed by atoms with van der Waals surface area (Å²) >= 11 is 0. The van der Waals surface area contributed by atoms with Crippen LogP contribution in [0.25, 0.3) is 0 Å². The molecular weight excluding hydrogens is 395 g/mol. The number of rotatable bonds is 4. The van der Waals surface area contributed by atoms with E-state index in [1.807, 2.05) is 30.3 Å². The number of likely N-dealkylation sites (tertiary alicyclic amines) is 1. The first-order valence-electron chi connectivity index (χ1n) is 9.73. The molecule has 5 nitrogen and oxygen atoms in total. The molecule has 3 rings (SSSR count). The molecule has 0 saturated carbocycles. The van der Waals surface area contributed by atoms with Crippen molar-refractivity contribution in [2.24, 2.45) is 5.41 Å². The predicted molar refractivity (Wildman–Crippen MR) is 108 cm³/mol. The van der Waals surface area contributed by atoms with E-state index in [4.69, 9.17) is 0 Å². The molecule has 0 aromatic heterocycles. The molecule has 2 aromatic carbocycles. The third-order valence-corrected chi connectivity index (χ3v) is 5.30. The standard InChI is InChI=1S/C22H24F3N3O2/c1-21(19(29)26-14-16-8-3-2-4-9-16)12-7-13-28(15-21)20(30)27-18-11-6-5-10-17(18)22(23,24)25/h2-6,8-11H,7,12-15H2,1H3,(H,26,29)(H,27,30)/t21-/m0/s1. The maximum atomic E-state index is 13.2. The Morgan fingerprint density at radius 3 is 2.43 bits per heavy atom. The Hall–Kier alpha value is -3.03. The van der Waals surface area contributed by atoms with Gasteiger partial charge in [0, 0.05) is 19.6 Å². The maximum Gasteiger partial charge on any atom is 0.418 e. The smallest absolute Gasteiger partial charge is 0.351 e. The molecule has 1 fully saturated rings. The zero-order chi connectivity index (χ0) is 21.8. The van der Waals surface area contributed by atoms with Gasteiger partial charge in [-0.15, -0.1) is 0 Å². The van der Waals surface area contributed by atoms with Gasteiger partial charge in [0.15, 0.2) is 0 Å². The average molecular weight is 419 g/mol. The molecule has 0 radical (unpaired) electrons. The Labute approximate surface area is 173 Å². The molecular formula is C22H24F3N3O2. The highest BCUT2D eigenvalue weighted by molar-refractivity contribution is 5.91. The number of benzene rings is 2. The van der Waals surface area contributed by atoms with E-state index in [2.05, 4.69) is 10.6 Å². The van der Waals surface area contributed by atoms with Crippen molar-refractivity contribution in [3.63, 3.8) is 0 Å². The number of nitrogens with zero attached hydrogens (tertiary/aromatic N) is 1. The molecule has 30 heavy (non-hydrogen) atoms. The first-order chi connectivity index (χ1) is 14.2. The van der Waals surface area contributed by atoms with E-state index in [0.29, 0.717) is 25.9 Å². The van der Waals surface area contributed by atoms with Crippen LogP contribution < -0.4 is 10.6 Å². The fraction of sp³-hybridized carbons (Fsp3) is 0.364. The number of amides is 3. The fourth-order valence-electron chi connectivity index (χ4n) is 3.62. The van der Waals surface area contributed by atoms with Crippen LogP contribution in [0.1, 0.15) is 30.9 Å². The molecule has 0 aliphatic carbocycles. The molecule has 0 unspecified atom stereocenters. The predicted octanol–water partition coefficient (Wildman–Crippen LogP) is 4.66. The number of hydrogen-bond acceptors (Lipinski definition) is 2. The lowest BCUT2D eigenvalue weighted by Crippen LogP contribution is -2.52. The minimum atomic E-state index is -4.57. The molecule has 8 heteroatoms. The van der Waals surface area contributed by atoms with Crippen molar-refractivity contribution in [2.75, 3.05) is 18.4 Å². The van der Waals surface area contributed by atoms with Crippen LogP contribution in [0.4, 0.5) is 23.7 Å². The summed E-state index contributed by atoms with van der Waals surface area (Å²) in [5, 5.41) is 5.26. The number of carbonyl (C=O) groups excluding carboxylic acids is 2. The molecule has 160 valence electrons. The number of carbonyl (C=O) groups is 2. The van der Waals surface area contributed by atoms with Gasteiger partial charge in [0.25, 0.3) is 0 Å². The van der Waals surface area contributed by atoms with Gasteiger partial charge in [0.2, 0.25) is 5.91 Å². The topological polar surface area (TPSA) is 61.4 Å². The summed E-state index contributed by atoms with van der Waals surface area (Å²) in [5.74, 6) is -0.181. The molecule has 0 spiro atoms. The van der Waals surface area contributed by atoms with E-state index >= 15 is 0 Å². The summed E-state index contributed by atoms with van der Waals surface area (Å²) in [6.07, 6.45) is -3.39. The van der Waals surface area contributed by atoms with Crippen molar-refractivity contribution in [3.05, 3.63) is 65.7 Å². The third kappa shape index (κ3) is 5.11. The highest BCUT2D eigenvalue weighted by atomic mass is 19.4. The molecule has 1 heterocycles. The SMILES string of the molecule is C[C@]1(C(=O)NCc2ccccc2)CCCN(C(=O)Nc2ccccc2C(F)(F)F)C1. The Balaban J connectivity index is 1.65. The largest absolute Gasteiger partial charge is 0.418 e. The first kappa shape index (κ1) is 21.7. The van der Waals surface area contributed by atoms with E-state index in [-0.39, 0.29) is 18.1 Å². The Morgan fingerprint density at radius 1 is 1.07 bits per heavy atom. The van der Waals surface area contributed by atoms with Crippen LogP contribution in [-0.2, 0) is 17.5 Å². The summed E-state index contributed by atoms with van der Waals surface area (Å²) in [6.45, 7) is 2.66. The van der Waals surface area contributed by atoms with Crippen molar-refractivity contribution in [1.29, 1.82) is 0 Å². The van der Waals surface area contributed by atoms with Crippen LogP contribution in [0.15, 0.2) is 54.6 Å². The van der Waals surface area contributed by atoms with E-state index in [0.717, 1.165) is 11.6 Å². The number of alkyl halides is 3. The highest BCUT2D eigenvalue weighted by Crippen LogP contribution is 2.35. The van der Waals surface area contributed by atoms with Gasteiger partial charge < -0.3 is 15.5 Å². The van der Waals surface area contributed by atoms with Crippen molar-refractivity contribution >= 4 is 17.6 Å². The van der Waals surface area contributed by atoms with Crippen LogP contribution in [0.5, 0.6) is 0 Å². The normalized spacial score (nSPS) is 19.3. The van der Waals surface area contributed by atoms with Crippen LogP contribution in [0.3, 0.4) is 0 Å². The summed E-state index contributed by atoms with van der Waals surface area (Å²) in [4.78, 5) is 26.8. The molecule has 3 amide bonds. The highest BCUT2D eigenvalue weighted by Gasteiger charge is 2.40. The molecule has 2 N–H and O–H groups in total. The van der Waals surface area contributed by atoms with Gasteiger partial charge in [-0.05, 0) is 37.5 Å². The van der Waals surface area contributed by atoms with Gasteiger partial charge in [0.1, 0.15) is 0 Å². The van der Waals surface area contributed by atoms with E-state index in [9.17, 15) is 22.8 Å². The van der Waals surface area contributed by atoms with Crippen molar-refractivity contribution in [1.82, 2.24) is 10.2 Å². The Bertz CT molecular complexity index is 902. The number of para-hydroxylation sites is 1. The molecule has 2 aromatic rings. The van der Waals surface area contributed by atoms with Gasteiger partial charge in [-0.1, -0.05) is 42.5 Å². The number of halogens is 3. The average Bonchev–Trinajstić information content (AvgIpc) is 2.72. The van der Waals surface area contributed by atoms with Gasteiger partial charge >= 0.3 is 12.2 Å². The lowest BCUT2D eigenvalue weighted by atomic mass is 9.81. The van der Waals surface area contributed by atoms with Crippen LogP contribution >= 0.6 is 0 Å². The Morgan fingerprint density at radius 2 is 1.73 bits per heavy atom. The van der Waals surface area contributed by atoms with Crippen LogP contribution in [0, 0.1) is 5.41 Å². The second-order valence-corrected chi connectivity index (χ2v) is 7.73. The van der Waals surface area contributed by atoms with Crippen LogP contribution in [0.2, 0.25) is 0 Å². The lowest BCUT2D eigenvalue weighted by molar-refractivity contribution is -0.137.